The van der Waals surface area contributed by atoms with E-state index in [-0.39, 0.29) is 6.15 Å². The smallest absolute Gasteiger partial charge is 0.106 e. The summed E-state index contributed by atoms with van der Waals surface area (Å²) in [5.74, 6) is 1.10. The van der Waals surface area contributed by atoms with Gasteiger partial charge in [-0.3, -0.25) is 0 Å². The number of rotatable bonds is 6. The van der Waals surface area contributed by atoms with Gasteiger partial charge in [-0.25, -0.2) is 4.98 Å². The van der Waals surface area contributed by atoms with E-state index in [0.717, 1.165) is 16.8 Å². The fraction of sp³-hybridized carbons (Fsp3) is 0.700. The molecule has 4 N–H and O–H groups in total. The highest BCUT2D eigenvalue weighted by Gasteiger charge is 1.97. The molecule has 4 heteroatoms. The Bertz CT molecular complexity index is 235. The van der Waals surface area contributed by atoms with Crippen LogP contribution in [0.5, 0.6) is 0 Å². The van der Waals surface area contributed by atoms with Gasteiger partial charge in [-0.1, -0.05) is 32.6 Å². The molecule has 0 spiro atoms. The summed E-state index contributed by atoms with van der Waals surface area (Å²) in [6, 6.07) is 0. The number of halogens is 1. The minimum Gasteiger partial charge on any atom is -0.344 e. The predicted octanol–water partition coefficient (Wildman–Crippen LogP) is 3.85. The van der Waals surface area contributed by atoms with E-state index < -0.39 is 0 Å². The molecule has 0 aromatic carbocycles. The number of hydrogen-bond donors (Lipinski definition) is 2. The van der Waals surface area contributed by atoms with Gasteiger partial charge in [0, 0.05) is 6.42 Å². The fourth-order valence-electron chi connectivity index (χ4n) is 1.36. The molecule has 0 saturated heterocycles. The molecule has 0 aliphatic heterocycles. The van der Waals surface area contributed by atoms with Crippen molar-refractivity contribution in [3.8, 4) is 0 Å². The average Bonchev–Trinajstić information content (AvgIpc) is 2.51. The van der Waals surface area contributed by atoms with Crippen molar-refractivity contribution in [2.75, 3.05) is 0 Å². The van der Waals surface area contributed by atoms with Gasteiger partial charge in [-0.2, -0.15) is 0 Å². The molecule has 0 saturated carbocycles. The van der Waals surface area contributed by atoms with Crippen LogP contribution in [-0.2, 0) is 6.42 Å². The van der Waals surface area contributed by atoms with Crippen LogP contribution in [0.25, 0.3) is 0 Å². The van der Waals surface area contributed by atoms with Gasteiger partial charge >= 0.3 is 0 Å². The van der Waals surface area contributed by atoms with Crippen LogP contribution in [0.4, 0.5) is 0 Å². The van der Waals surface area contributed by atoms with Crippen molar-refractivity contribution in [1.29, 1.82) is 0 Å². The van der Waals surface area contributed by atoms with Crippen LogP contribution in [0.1, 0.15) is 44.9 Å². The summed E-state index contributed by atoms with van der Waals surface area (Å²) in [6.07, 6.45) is 9.51. The first-order valence-electron chi connectivity index (χ1n) is 5.02. The van der Waals surface area contributed by atoms with E-state index in [4.69, 9.17) is 0 Å². The molecule has 0 aliphatic carbocycles. The Labute approximate surface area is 94.4 Å². The van der Waals surface area contributed by atoms with Gasteiger partial charge in [0.25, 0.3) is 0 Å². The van der Waals surface area contributed by atoms with E-state index in [1.807, 2.05) is 6.20 Å². The second-order valence-electron chi connectivity index (χ2n) is 3.34. The molecule has 0 bridgehead atoms. The van der Waals surface area contributed by atoms with E-state index in [1.54, 1.807) is 0 Å². The first-order valence-corrected chi connectivity index (χ1v) is 5.81. The highest BCUT2D eigenvalue weighted by molar-refractivity contribution is 9.10. The molecule has 1 aromatic rings. The number of nitrogens with zero attached hydrogens (tertiary/aromatic N) is 1. The molecular weight excluding hydrogens is 242 g/mol. The average molecular weight is 262 g/mol. The second-order valence-corrected chi connectivity index (χ2v) is 4.20. The van der Waals surface area contributed by atoms with Crippen molar-refractivity contribution < 1.29 is 0 Å². The second kappa shape index (κ2) is 8.00. The summed E-state index contributed by atoms with van der Waals surface area (Å²) >= 11 is 3.35. The lowest BCUT2D eigenvalue weighted by Gasteiger charge is -1.97. The largest absolute Gasteiger partial charge is 0.344 e. The van der Waals surface area contributed by atoms with Crippen molar-refractivity contribution in [2.45, 2.75) is 45.4 Å². The number of aryl methyl sites for hydroxylation is 1. The van der Waals surface area contributed by atoms with Gasteiger partial charge in [0.05, 0.1) is 6.20 Å². The SMILES string of the molecule is CCCCCCCc1ncc(Br)[nH]1.N. The van der Waals surface area contributed by atoms with Crippen molar-refractivity contribution >= 4 is 15.9 Å². The summed E-state index contributed by atoms with van der Waals surface area (Å²) < 4.78 is 0.982. The molecule has 1 rings (SSSR count). The molecule has 1 heterocycles. The lowest BCUT2D eigenvalue weighted by Crippen LogP contribution is -1.88. The van der Waals surface area contributed by atoms with Crippen LogP contribution >= 0.6 is 15.9 Å². The van der Waals surface area contributed by atoms with Crippen LogP contribution in [0.3, 0.4) is 0 Å². The summed E-state index contributed by atoms with van der Waals surface area (Å²) in [7, 11) is 0. The van der Waals surface area contributed by atoms with Gasteiger partial charge < -0.3 is 11.1 Å². The third-order valence-electron chi connectivity index (χ3n) is 2.11. The molecule has 0 unspecified atom stereocenters. The maximum Gasteiger partial charge on any atom is 0.106 e. The molecule has 14 heavy (non-hydrogen) atoms. The van der Waals surface area contributed by atoms with Gasteiger partial charge in [0.15, 0.2) is 0 Å². The molecule has 0 atom stereocenters. The topological polar surface area (TPSA) is 63.7 Å². The van der Waals surface area contributed by atoms with Gasteiger partial charge in [-0.05, 0) is 22.4 Å². The van der Waals surface area contributed by atoms with Crippen molar-refractivity contribution in [2.24, 2.45) is 0 Å². The zero-order chi connectivity index (χ0) is 9.52. The standard InChI is InChI=1S/C10H17BrN2.H3N/c1-2-3-4-5-6-7-10-12-8-9(11)13-10;/h8H,2-7H2,1H3,(H,12,13);1H3. The summed E-state index contributed by atoms with van der Waals surface area (Å²) in [5, 5.41) is 0. The summed E-state index contributed by atoms with van der Waals surface area (Å²) in [6.45, 7) is 2.24. The predicted molar refractivity (Wildman–Crippen MR) is 63.8 cm³/mol. The monoisotopic (exact) mass is 261 g/mol. The fourth-order valence-corrected chi connectivity index (χ4v) is 1.69. The molecule has 3 nitrogen and oxygen atoms in total. The number of H-pyrrole nitrogens is 1. The van der Waals surface area contributed by atoms with Gasteiger partial charge in [0.1, 0.15) is 10.4 Å². The first kappa shape index (κ1) is 13.7. The highest BCUT2D eigenvalue weighted by Crippen LogP contribution is 2.09. The molecule has 0 fully saturated rings. The molecule has 0 radical (unpaired) electrons. The summed E-state index contributed by atoms with van der Waals surface area (Å²) in [5.41, 5.74) is 0. The zero-order valence-electron chi connectivity index (χ0n) is 8.85. The number of aromatic nitrogens is 2. The normalized spacial score (nSPS) is 9.86. The Balaban J connectivity index is 0.00000169. The van der Waals surface area contributed by atoms with Gasteiger partial charge in [0.2, 0.25) is 0 Å². The zero-order valence-corrected chi connectivity index (χ0v) is 10.4. The Hall–Kier alpha value is -0.350. The maximum atomic E-state index is 4.23. The van der Waals surface area contributed by atoms with Crippen LogP contribution in [0.15, 0.2) is 10.8 Å². The van der Waals surface area contributed by atoms with Crippen LogP contribution in [0.2, 0.25) is 0 Å². The number of imidazole rings is 1. The maximum absolute atomic E-state index is 4.23. The minimum atomic E-state index is 0. The highest BCUT2D eigenvalue weighted by atomic mass is 79.9. The number of aromatic amines is 1. The lowest BCUT2D eigenvalue weighted by atomic mass is 10.1. The molecule has 1 aromatic heterocycles. The Morgan fingerprint density at radius 2 is 2.00 bits per heavy atom. The first-order chi connectivity index (χ1) is 6.33. The van der Waals surface area contributed by atoms with Crippen LogP contribution < -0.4 is 6.15 Å². The van der Waals surface area contributed by atoms with Crippen molar-refractivity contribution in [3.63, 3.8) is 0 Å². The Morgan fingerprint density at radius 1 is 1.29 bits per heavy atom. The van der Waals surface area contributed by atoms with E-state index in [1.165, 1.54) is 32.1 Å². The van der Waals surface area contributed by atoms with E-state index in [2.05, 4.69) is 32.8 Å². The molecular formula is C10H20BrN3. The Kier molecular flexibility index (Phi) is 7.80. The van der Waals surface area contributed by atoms with E-state index in [9.17, 15) is 0 Å². The van der Waals surface area contributed by atoms with E-state index >= 15 is 0 Å². The third kappa shape index (κ3) is 5.40. The number of nitrogens with one attached hydrogen (secondary N) is 1. The minimum absolute atomic E-state index is 0. The number of unbranched alkanes of at least 4 members (excludes halogenated alkanes) is 4. The lowest BCUT2D eigenvalue weighted by molar-refractivity contribution is 0.624. The third-order valence-corrected chi connectivity index (χ3v) is 2.52. The van der Waals surface area contributed by atoms with Crippen LogP contribution in [0, 0.1) is 0 Å². The molecule has 0 aliphatic rings. The van der Waals surface area contributed by atoms with Crippen LogP contribution in [-0.4, -0.2) is 9.97 Å². The van der Waals surface area contributed by atoms with Crippen molar-refractivity contribution in [3.05, 3.63) is 16.6 Å². The quantitative estimate of drug-likeness (QED) is 0.765. The number of hydrogen-bond acceptors (Lipinski definition) is 2. The van der Waals surface area contributed by atoms with Gasteiger partial charge in [-0.15, -0.1) is 0 Å². The summed E-state index contributed by atoms with van der Waals surface area (Å²) in [4.78, 5) is 7.40. The van der Waals surface area contributed by atoms with Crippen molar-refractivity contribution in [1.82, 2.24) is 16.1 Å². The Morgan fingerprint density at radius 3 is 2.57 bits per heavy atom. The molecule has 0 amide bonds. The molecule has 82 valence electrons. The van der Waals surface area contributed by atoms with E-state index in [0.29, 0.717) is 0 Å².